The molecule has 246 valence electrons. The average molecular weight is 603 g/mol. The van der Waals surface area contributed by atoms with E-state index < -0.39 is 35.7 Å². The van der Waals surface area contributed by atoms with E-state index in [1.54, 1.807) is 6.08 Å². The SMILES string of the molecule is CCCCCCCCCCCCCCCCOO[C@H]1C(C)=C[C@@]23C[C@H](C)C[C@@H]4[C@H]([C@H](C=C(CO)[C@@H](O)[C@]12O)C3=O)C4(C)C. The zero-order valence-corrected chi connectivity index (χ0v) is 27.9. The average Bonchev–Trinajstić information content (AvgIpc) is 3.43. The number of hydrogen-bond donors (Lipinski definition) is 3. The van der Waals surface area contributed by atoms with Gasteiger partial charge in [-0.2, -0.15) is 0 Å². The lowest BCUT2D eigenvalue weighted by Crippen LogP contribution is -2.64. The van der Waals surface area contributed by atoms with Crippen LogP contribution in [0.1, 0.15) is 137 Å². The maximum absolute atomic E-state index is 14.5. The fraction of sp³-hybridized carbons (Fsp3) is 0.865. The zero-order chi connectivity index (χ0) is 31.3. The number of hydrogen-bond acceptors (Lipinski definition) is 6. The number of carbonyl (C=O) groups excluding carboxylic acids is 1. The van der Waals surface area contributed by atoms with Gasteiger partial charge in [0.25, 0.3) is 0 Å². The minimum absolute atomic E-state index is 0.00845. The second-order valence-electron chi connectivity index (χ2n) is 15.3. The van der Waals surface area contributed by atoms with Crippen molar-refractivity contribution < 1.29 is 29.9 Å². The van der Waals surface area contributed by atoms with E-state index in [1.165, 1.54) is 77.0 Å². The summed E-state index contributed by atoms with van der Waals surface area (Å²) >= 11 is 0. The van der Waals surface area contributed by atoms with E-state index >= 15 is 0 Å². The first-order valence-corrected chi connectivity index (χ1v) is 17.8. The molecule has 6 heteroatoms. The molecular formula is C37H62O6. The van der Waals surface area contributed by atoms with Gasteiger partial charge in [0, 0.05) is 5.92 Å². The van der Waals surface area contributed by atoms with E-state index in [9.17, 15) is 20.1 Å². The third kappa shape index (κ3) is 7.04. The van der Waals surface area contributed by atoms with Crippen molar-refractivity contribution in [3.8, 4) is 0 Å². The van der Waals surface area contributed by atoms with Gasteiger partial charge in [-0.25, -0.2) is 9.78 Å². The van der Waals surface area contributed by atoms with Crippen LogP contribution >= 0.6 is 0 Å². The van der Waals surface area contributed by atoms with Crippen LogP contribution < -0.4 is 0 Å². The van der Waals surface area contributed by atoms with Crippen molar-refractivity contribution in [2.45, 2.75) is 155 Å². The van der Waals surface area contributed by atoms with Gasteiger partial charge in [0.1, 0.15) is 17.8 Å². The third-order valence-electron chi connectivity index (χ3n) is 11.7. The first-order valence-electron chi connectivity index (χ1n) is 17.8. The van der Waals surface area contributed by atoms with Gasteiger partial charge in [-0.05, 0) is 60.5 Å². The first-order chi connectivity index (χ1) is 20.6. The van der Waals surface area contributed by atoms with Crippen LogP contribution in [0.2, 0.25) is 0 Å². The molecule has 0 heterocycles. The fourth-order valence-corrected chi connectivity index (χ4v) is 9.16. The molecule has 43 heavy (non-hydrogen) atoms. The minimum Gasteiger partial charge on any atom is -0.392 e. The molecule has 0 amide bonds. The predicted molar refractivity (Wildman–Crippen MR) is 171 cm³/mol. The molecule has 0 aromatic heterocycles. The van der Waals surface area contributed by atoms with Crippen LogP contribution in [0.3, 0.4) is 0 Å². The summed E-state index contributed by atoms with van der Waals surface area (Å²) < 4.78 is 0. The second-order valence-corrected chi connectivity index (χ2v) is 15.3. The normalized spacial score (nSPS) is 36.2. The van der Waals surface area contributed by atoms with Gasteiger partial charge in [0.2, 0.25) is 0 Å². The Morgan fingerprint density at radius 2 is 1.49 bits per heavy atom. The molecular weight excluding hydrogens is 540 g/mol. The fourth-order valence-electron chi connectivity index (χ4n) is 9.16. The van der Waals surface area contributed by atoms with Crippen LogP contribution in [0.25, 0.3) is 0 Å². The lowest BCUT2D eigenvalue weighted by molar-refractivity contribution is -0.354. The molecule has 4 aliphatic rings. The number of aliphatic hydroxyl groups excluding tert-OH is 2. The quantitative estimate of drug-likeness (QED) is 0.0646. The number of ketones is 1. The molecule has 0 aromatic rings. The smallest absolute Gasteiger partial charge is 0.153 e. The minimum atomic E-state index is -1.94. The Labute approximate surface area is 261 Å². The molecule has 0 radical (unpaired) electrons. The van der Waals surface area contributed by atoms with Crippen LogP contribution in [0, 0.1) is 34.5 Å². The van der Waals surface area contributed by atoms with Gasteiger partial charge >= 0.3 is 0 Å². The van der Waals surface area contributed by atoms with Crippen LogP contribution in [-0.2, 0) is 14.6 Å². The maximum Gasteiger partial charge on any atom is 0.153 e. The predicted octanol–water partition coefficient (Wildman–Crippen LogP) is 7.64. The lowest BCUT2D eigenvalue weighted by atomic mass is 9.60. The van der Waals surface area contributed by atoms with Crippen molar-refractivity contribution in [3.05, 3.63) is 23.3 Å². The van der Waals surface area contributed by atoms with Crippen molar-refractivity contribution in [2.75, 3.05) is 13.2 Å². The first kappa shape index (κ1) is 34.8. The molecule has 6 nitrogen and oxygen atoms in total. The molecule has 0 aliphatic heterocycles. The van der Waals surface area contributed by atoms with Gasteiger partial charge in [0.05, 0.1) is 18.6 Å². The van der Waals surface area contributed by atoms with E-state index in [2.05, 4.69) is 27.7 Å². The van der Waals surface area contributed by atoms with E-state index in [4.69, 9.17) is 9.78 Å². The zero-order valence-electron chi connectivity index (χ0n) is 27.9. The maximum atomic E-state index is 14.5. The largest absolute Gasteiger partial charge is 0.392 e. The monoisotopic (exact) mass is 602 g/mol. The Morgan fingerprint density at radius 1 is 0.930 bits per heavy atom. The Kier molecular flexibility index (Phi) is 12.2. The van der Waals surface area contributed by atoms with Gasteiger partial charge < -0.3 is 15.3 Å². The van der Waals surface area contributed by atoms with Crippen LogP contribution in [0.5, 0.6) is 0 Å². The van der Waals surface area contributed by atoms with E-state index in [0.29, 0.717) is 30.1 Å². The summed E-state index contributed by atoms with van der Waals surface area (Å²) in [6.07, 6.45) is 20.6. The molecule has 2 saturated carbocycles. The van der Waals surface area contributed by atoms with Crippen molar-refractivity contribution in [2.24, 2.45) is 34.5 Å². The molecule has 2 bridgehead atoms. The van der Waals surface area contributed by atoms with E-state index in [-0.39, 0.29) is 23.0 Å². The van der Waals surface area contributed by atoms with Gasteiger partial charge in [-0.1, -0.05) is 123 Å². The molecule has 0 saturated heterocycles. The summed E-state index contributed by atoms with van der Waals surface area (Å²) in [7, 11) is 0. The highest BCUT2D eigenvalue weighted by molar-refractivity contribution is 5.94. The molecule has 3 N–H and O–H groups in total. The summed E-state index contributed by atoms with van der Waals surface area (Å²) in [5.74, 6) is 0.244. The molecule has 4 aliphatic carbocycles. The summed E-state index contributed by atoms with van der Waals surface area (Å²) in [5, 5.41) is 34.4. The lowest BCUT2D eigenvalue weighted by Gasteiger charge is -2.47. The van der Waals surface area contributed by atoms with Crippen molar-refractivity contribution in [1.29, 1.82) is 0 Å². The molecule has 2 fully saturated rings. The molecule has 0 aromatic carbocycles. The number of aliphatic hydroxyl groups is 3. The highest BCUT2D eigenvalue weighted by Gasteiger charge is 2.73. The van der Waals surface area contributed by atoms with E-state index in [1.807, 2.05) is 13.0 Å². The topological polar surface area (TPSA) is 96.2 Å². The van der Waals surface area contributed by atoms with Gasteiger partial charge in [0.15, 0.2) is 5.78 Å². The number of unbranched alkanes of at least 4 members (excludes halogenated alkanes) is 13. The standard InChI is InChI=1S/C37H62O6/c1-6-7-8-9-10-11-12-13-14-15-16-17-18-19-20-42-43-34-27(3)24-36-23-26(2)21-30-31(35(30,4)5)29(33(36)40)22-28(25-38)32(39)37(34,36)41/h22,24,26,29-32,34,38-39,41H,6-21,23,25H2,1-5H3/t26-,29+,30-,31+,32-,34+,36-,37+/m1/s1. The van der Waals surface area contributed by atoms with Gasteiger partial charge in [-0.3, -0.25) is 4.79 Å². The third-order valence-corrected chi connectivity index (χ3v) is 11.7. The number of rotatable bonds is 18. The molecule has 0 unspecified atom stereocenters. The highest BCUT2D eigenvalue weighted by Crippen LogP contribution is 2.69. The highest BCUT2D eigenvalue weighted by atomic mass is 17.2. The Bertz CT molecular complexity index is 986. The van der Waals surface area contributed by atoms with Crippen LogP contribution in [-0.4, -0.2) is 52.1 Å². The number of carbonyl (C=O) groups is 1. The summed E-state index contributed by atoms with van der Waals surface area (Å²) in [5.41, 5.74) is -2.21. The van der Waals surface area contributed by atoms with Crippen molar-refractivity contribution in [1.82, 2.24) is 0 Å². The van der Waals surface area contributed by atoms with Crippen molar-refractivity contribution in [3.63, 3.8) is 0 Å². The number of allylic oxidation sites excluding steroid dienone is 1. The van der Waals surface area contributed by atoms with Gasteiger partial charge in [-0.15, -0.1) is 0 Å². The van der Waals surface area contributed by atoms with E-state index in [0.717, 1.165) is 19.3 Å². The van der Waals surface area contributed by atoms with Crippen molar-refractivity contribution >= 4 is 5.78 Å². The number of fused-ring (bicyclic) bond motifs is 3. The number of Topliss-reactive ketones (excluding diaryl/α,β-unsaturated/α-hetero) is 1. The molecule has 8 atom stereocenters. The summed E-state index contributed by atoms with van der Waals surface area (Å²) in [4.78, 5) is 26.0. The summed E-state index contributed by atoms with van der Waals surface area (Å²) in [6.45, 7) is 10.7. The Balaban J connectivity index is 1.26. The second kappa shape index (κ2) is 15.0. The Hall–Kier alpha value is -1.05. The Morgan fingerprint density at radius 3 is 2.05 bits per heavy atom. The van der Waals surface area contributed by atoms with Crippen LogP contribution in [0.4, 0.5) is 0 Å². The van der Waals surface area contributed by atoms with Crippen LogP contribution in [0.15, 0.2) is 23.3 Å². The summed E-state index contributed by atoms with van der Waals surface area (Å²) in [6, 6.07) is 0. The molecule has 4 rings (SSSR count). The molecule has 1 spiro atoms.